The van der Waals surface area contributed by atoms with Gasteiger partial charge in [0.2, 0.25) is 5.78 Å². The van der Waals surface area contributed by atoms with Crippen molar-refractivity contribution in [3.63, 3.8) is 0 Å². The van der Waals surface area contributed by atoms with Gasteiger partial charge in [0.05, 0.1) is 10.7 Å². The molecule has 0 fully saturated rings. The van der Waals surface area contributed by atoms with Gasteiger partial charge in [-0.3, -0.25) is 10.2 Å². The van der Waals surface area contributed by atoms with Crippen LogP contribution in [0.1, 0.15) is 5.56 Å². The number of nitrogens with one attached hydrogen (secondary N) is 1. The molecular formula is C10H7Cl5N2O. The molecule has 0 spiro atoms. The molecule has 1 N–H and O–H groups in total. The van der Waals surface area contributed by atoms with Crippen LogP contribution in [0.2, 0.25) is 10.0 Å². The molecule has 3 nitrogen and oxygen atoms in total. The van der Waals surface area contributed by atoms with Gasteiger partial charge in [-0.25, -0.2) is 0 Å². The number of anilines is 1. The first-order valence-electron chi connectivity index (χ1n) is 4.60. The predicted molar refractivity (Wildman–Crippen MR) is 78.6 cm³/mol. The Morgan fingerprint density at radius 2 is 1.94 bits per heavy atom. The fraction of sp³-hybridized carbons (Fsp3) is 0.200. The number of Topliss-reactive ketones (excluding diaryl/α,β-unsaturated/α-hetero) is 1. The molecule has 0 saturated heterocycles. The number of aryl methyl sites for hydroxylation is 1. The molecule has 0 aliphatic carbocycles. The van der Waals surface area contributed by atoms with Crippen molar-refractivity contribution in [1.29, 1.82) is 0 Å². The van der Waals surface area contributed by atoms with E-state index in [4.69, 9.17) is 58.0 Å². The number of benzene rings is 1. The molecule has 0 aromatic heterocycles. The summed E-state index contributed by atoms with van der Waals surface area (Å²) in [6.45, 7) is 1.78. The molecule has 0 aliphatic heterocycles. The molecule has 1 aromatic rings. The van der Waals surface area contributed by atoms with Gasteiger partial charge in [0.15, 0.2) is 10.0 Å². The topological polar surface area (TPSA) is 41.5 Å². The molecule has 0 unspecified atom stereocenters. The predicted octanol–water partition coefficient (Wildman–Crippen LogP) is 4.64. The Bertz CT molecular complexity index is 478. The third-order valence-corrected chi connectivity index (χ3v) is 3.10. The van der Waals surface area contributed by atoms with E-state index >= 15 is 0 Å². The third kappa shape index (κ3) is 4.18. The van der Waals surface area contributed by atoms with Crippen molar-refractivity contribution in [2.75, 3.05) is 5.43 Å². The van der Waals surface area contributed by atoms with Gasteiger partial charge in [0, 0.05) is 5.02 Å². The average Bonchev–Trinajstić information content (AvgIpc) is 2.25. The van der Waals surface area contributed by atoms with Crippen LogP contribution in [0.5, 0.6) is 0 Å². The number of hydrogen-bond donors (Lipinski definition) is 1. The van der Waals surface area contributed by atoms with Gasteiger partial charge in [0.25, 0.3) is 0 Å². The van der Waals surface area contributed by atoms with E-state index in [0.29, 0.717) is 15.7 Å². The van der Waals surface area contributed by atoms with Gasteiger partial charge >= 0.3 is 0 Å². The van der Waals surface area contributed by atoms with Crippen molar-refractivity contribution < 1.29 is 4.79 Å². The minimum atomic E-state index is -1.26. The average molecular weight is 348 g/mol. The van der Waals surface area contributed by atoms with Gasteiger partial charge in [-0.1, -0.05) is 58.0 Å². The molecule has 18 heavy (non-hydrogen) atoms. The Hall–Kier alpha value is -0.190. The lowest BCUT2D eigenvalue weighted by molar-refractivity contribution is -0.111. The van der Waals surface area contributed by atoms with Crippen LogP contribution in [0.3, 0.4) is 0 Å². The van der Waals surface area contributed by atoms with Crippen LogP contribution in [-0.4, -0.2) is 15.8 Å². The van der Waals surface area contributed by atoms with E-state index in [2.05, 4.69) is 10.5 Å². The highest BCUT2D eigenvalue weighted by atomic mass is 35.5. The summed E-state index contributed by atoms with van der Waals surface area (Å²) in [5.41, 5.74) is 3.82. The van der Waals surface area contributed by atoms with E-state index in [1.165, 1.54) is 6.07 Å². The van der Waals surface area contributed by atoms with E-state index in [0.717, 1.165) is 5.56 Å². The summed E-state index contributed by atoms with van der Waals surface area (Å²) in [6.07, 6.45) is 0. The highest BCUT2D eigenvalue weighted by molar-refractivity contribution is 6.87. The number of nitrogens with zero attached hydrogens (tertiary/aromatic N) is 1. The third-order valence-electron chi connectivity index (χ3n) is 1.92. The molecule has 0 heterocycles. The summed E-state index contributed by atoms with van der Waals surface area (Å²) in [5, 5.41) is 4.14. The maximum atomic E-state index is 11.3. The number of carbonyl (C=O) groups is 1. The van der Waals surface area contributed by atoms with Crippen LogP contribution in [0, 0.1) is 6.92 Å². The highest BCUT2D eigenvalue weighted by Crippen LogP contribution is 2.29. The van der Waals surface area contributed by atoms with Crippen molar-refractivity contribution in [2.24, 2.45) is 5.10 Å². The summed E-state index contributed by atoms with van der Waals surface area (Å²) in [6, 6.07) is 3.22. The summed E-state index contributed by atoms with van der Waals surface area (Å²) in [4.78, 5) is 10.0. The second-order valence-corrected chi connectivity index (χ2v) is 5.56. The van der Waals surface area contributed by atoms with Crippen molar-refractivity contribution in [3.8, 4) is 0 Å². The summed E-state index contributed by atoms with van der Waals surface area (Å²) in [7, 11) is 0. The number of alkyl halides is 2. The lowest BCUT2D eigenvalue weighted by Gasteiger charge is -2.08. The Morgan fingerprint density at radius 3 is 2.44 bits per heavy atom. The van der Waals surface area contributed by atoms with Gasteiger partial charge < -0.3 is 0 Å². The Labute approximate surface area is 129 Å². The lowest BCUT2D eigenvalue weighted by Crippen LogP contribution is -2.16. The fourth-order valence-electron chi connectivity index (χ4n) is 1.09. The smallest absolute Gasteiger partial charge is 0.227 e. The van der Waals surface area contributed by atoms with Crippen molar-refractivity contribution in [2.45, 2.75) is 11.8 Å². The molecule has 8 heteroatoms. The van der Waals surface area contributed by atoms with E-state index in [1.807, 2.05) is 0 Å². The van der Waals surface area contributed by atoms with Crippen LogP contribution in [0.25, 0.3) is 0 Å². The maximum absolute atomic E-state index is 11.3. The van der Waals surface area contributed by atoms with Gasteiger partial charge in [-0.2, -0.15) is 5.10 Å². The molecular weight excluding hydrogens is 341 g/mol. The van der Waals surface area contributed by atoms with Crippen molar-refractivity contribution in [1.82, 2.24) is 0 Å². The minimum Gasteiger partial charge on any atom is -0.288 e. The van der Waals surface area contributed by atoms with Crippen LogP contribution >= 0.6 is 58.0 Å². The summed E-state index contributed by atoms with van der Waals surface area (Å²) < 4.78 is 0. The number of rotatable bonds is 4. The van der Waals surface area contributed by atoms with E-state index in [9.17, 15) is 4.79 Å². The SMILES string of the molecule is Cc1cc(Cl)cc(Cl)c1NN=C(Cl)C(=O)C(Cl)Cl. The monoisotopic (exact) mass is 346 g/mol. The van der Waals surface area contributed by atoms with Crippen molar-refractivity contribution >= 4 is 74.6 Å². The zero-order valence-electron chi connectivity index (χ0n) is 8.98. The van der Waals surface area contributed by atoms with Gasteiger partial charge in [-0.15, -0.1) is 0 Å². The lowest BCUT2D eigenvalue weighted by atomic mass is 10.2. The quantitative estimate of drug-likeness (QED) is 0.489. The fourth-order valence-corrected chi connectivity index (χ4v) is 2.20. The van der Waals surface area contributed by atoms with Crippen LogP contribution < -0.4 is 5.43 Å². The molecule has 0 radical (unpaired) electrons. The number of hydrogen-bond acceptors (Lipinski definition) is 3. The van der Waals surface area contributed by atoms with Crippen LogP contribution in [-0.2, 0) is 4.79 Å². The standard InChI is InChI=1S/C10H7Cl5N2O/c1-4-2-5(11)3-6(12)7(4)16-17-10(15)8(18)9(13)14/h2-3,9,16H,1H3. The molecule has 1 aromatic carbocycles. The Balaban J connectivity index is 2.93. The molecule has 0 aliphatic rings. The van der Waals surface area contributed by atoms with Gasteiger partial charge in [-0.05, 0) is 24.6 Å². The van der Waals surface area contributed by atoms with Crippen LogP contribution in [0.4, 0.5) is 5.69 Å². The van der Waals surface area contributed by atoms with E-state index < -0.39 is 10.6 Å². The van der Waals surface area contributed by atoms with E-state index in [-0.39, 0.29) is 5.17 Å². The zero-order chi connectivity index (χ0) is 13.9. The number of halogens is 5. The molecule has 98 valence electrons. The highest BCUT2D eigenvalue weighted by Gasteiger charge is 2.17. The first-order valence-corrected chi connectivity index (χ1v) is 6.60. The molecule has 1 rings (SSSR count). The van der Waals surface area contributed by atoms with Crippen LogP contribution in [0.15, 0.2) is 17.2 Å². The number of ketones is 1. The zero-order valence-corrected chi connectivity index (χ0v) is 12.8. The molecule has 0 bridgehead atoms. The largest absolute Gasteiger partial charge is 0.288 e. The Morgan fingerprint density at radius 1 is 1.33 bits per heavy atom. The van der Waals surface area contributed by atoms with E-state index in [1.54, 1.807) is 13.0 Å². The first kappa shape index (κ1) is 15.9. The summed E-state index contributed by atoms with van der Waals surface area (Å²) >= 11 is 28.1. The summed E-state index contributed by atoms with van der Waals surface area (Å²) in [5.74, 6) is -0.699. The second-order valence-electron chi connectivity index (χ2n) is 3.26. The number of carbonyl (C=O) groups excluding carboxylic acids is 1. The maximum Gasteiger partial charge on any atom is 0.227 e. The normalized spacial score (nSPS) is 11.8. The Kier molecular flexibility index (Phi) is 6.02. The molecule has 0 amide bonds. The van der Waals surface area contributed by atoms with Gasteiger partial charge in [0.1, 0.15) is 0 Å². The number of hydrazone groups is 1. The molecule has 0 atom stereocenters. The first-order chi connectivity index (χ1) is 8.32. The van der Waals surface area contributed by atoms with Crippen molar-refractivity contribution in [3.05, 3.63) is 27.7 Å². The molecule has 0 saturated carbocycles. The minimum absolute atomic E-state index is 0.356. The second kappa shape index (κ2) is 6.83.